The lowest BCUT2D eigenvalue weighted by molar-refractivity contribution is 0.569. The SMILES string of the molecule is Cc1ccc(Nc2cc(C(C)(C)C)nc3c(-c4ccccc4)c(C)nn23)cc1. The zero-order valence-corrected chi connectivity index (χ0v) is 17.1. The molecule has 0 bridgehead atoms. The van der Waals surface area contributed by atoms with Crippen LogP contribution in [0.3, 0.4) is 0 Å². The molecule has 0 unspecified atom stereocenters. The summed E-state index contributed by atoms with van der Waals surface area (Å²) in [5, 5.41) is 8.36. The Morgan fingerprint density at radius 1 is 0.893 bits per heavy atom. The lowest BCUT2D eigenvalue weighted by Crippen LogP contribution is -2.16. The number of nitrogens with one attached hydrogen (secondary N) is 1. The van der Waals surface area contributed by atoms with E-state index < -0.39 is 0 Å². The molecule has 0 atom stereocenters. The van der Waals surface area contributed by atoms with Gasteiger partial charge < -0.3 is 5.32 Å². The van der Waals surface area contributed by atoms with E-state index in [4.69, 9.17) is 10.1 Å². The van der Waals surface area contributed by atoms with Crippen molar-refractivity contribution in [3.8, 4) is 11.1 Å². The summed E-state index contributed by atoms with van der Waals surface area (Å²) >= 11 is 0. The highest BCUT2D eigenvalue weighted by atomic mass is 15.3. The zero-order valence-electron chi connectivity index (χ0n) is 17.1. The molecule has 4 nitrogen and oxygen atoms in total. The van der Waals surface area contributed by atoms with Gasteiger partial charge in [0.1, 0.15) is 5.82 Å². The van der Waals surface area contributed by atoms with Crippen LogP contribution in [-0.4, -0.2) is 14.6 Å². The average Bonchev–Trinajstić information content (AvgIpc) is 3.00. The summed E-state index contributed by atoms with van der Waals surface area (Å²) in [7, 11) is 0. The Kier molecular flexibility index (Phi) is 4.42. The van der Waals surface area contributed by atoms with Crippen molar-refractivity contribution < 1.29 is 0 Å². The van der Waals surface area contributed by atoms with Gasteiger partial charge in [0.15, 0.2) is 5.65 Å². The molecule has 0 aliphatic rings. The van der Waals surface area contributed by atoms with Crippen LogP contribution in [0.4, 0.5) is 11.5 Å². The first-order chi connectivity index (χ1) is 13.3. The molecule has 4 heteroatoms. The molecule has 0 spiro atoms. The Morgan fingerprint density at radius 3 is 2.21 bits per heavy atom. The van der Waals surface area contributed by atoms with Crippen LogP contribution in [-0.2, 0) is 5.41 Å². The van der Waals surface area contributed by atoms with Crippen molar-refractivity contribution >= 4 is 17.2 Å². The fourth-order valence-electron chi connectivity index (χ4n) is 3.32. The summed E-state index contributed by atoms with van der Waals surface area (Å²) in [4.78, 5) is 5.02. The number of aryl methyl sites for hydroxylation is 2. The molecule has 0 saturated carbocycles. The first kappa shape index (κ1) is 18.2. The average molecular weight is 371 g/mol. The summed E-state index contributed by atoms with van der Waals surface area (Å²) in [6, 6.07) is 20.9. The number of nitrogens with zero attached hydrogens (tertiary/aromatic N) is 3. The number of anilines is 2. The van der Waals surface area contributed by atoms with Crippen molar-refractivity contribution in [1.82, 2.24) is 14.6 Å². The molecule has 2 aromatic carbocycles. The minimum absolute atomic E-state index is 0.0718. The van der Waals surface area contributed by atoms with Crippen molar-refractivity contribution in [2.24, 2.45) is 0 Å². The molecule has 1 N–H and O–H groups in total. The topological polar surface area (TPSA) is 42.2 Å². The largest absolute Gasteiger partial charge is 0.340 e. The lowest BCUT2D eigenvalue weighted by atomic mass is 9.92. The normalized spacial score (nSPS) is 11.8. The van der Waals surface area contributed by atoms with Gasteiger partial charge in [-0.15, -0.1) is 0 Å². The minimum Gasteiger partial charge on any atom is -0.340 e. The second kappa shape index (κ2) is 6.79. The molecule has 0 aliphatic carbocycles. The van der Waals surface area contributed by atoms with E-state index in [0.29, 0.717) is 0 Å². The van der Waals surface area contributed by atoms with Crippen LogP contribution in [0, 0.1) is 13.8 Å². The van der Waals surface area contributed by atoms with Gasteiger partial charge in [-0.2, -0.15) is 9.61 Å². The third-order valence-corrected chi connectivity index (χ3v) is 4.92. The van der Waals surface area contributed by atoms with Crippen LogP contribution in [0.5, 0.6) is 0 Å². The van der Waals surface area contributed by atoms with Crippen molar-refractivity contribution in [2.75, 3.05) is 5.32 Å². The summed E-state index contributed by atoms with van der Waals surface area (Å²) in [5.41, 5.74) is 7.30. The summed E-state index contributed by atoms with van der Waals surface area (Å²) < 4.78 is 1.92. The van der Waals surface area contributed by atoms with E-state index in [1.165, 1.54) is 5.56 Å². The molecular weight excluding hydrogens is 344 g/mol. The van der Waals surface area contributed by atoms with E-state index in [9.17, 15) is 0 Å². The predicted molar refractivity (Wildman–Crippen MR) is 116 cm³/mol. The molecular formula is C24H26N4. The number of aromatic nitrogens is 3. The van der Waals surface area contributed by atoms with E-state index in [2.05, 4.69) is 87.6 Å². The Morgan fingerprint density at radius 2 is 1.57 bits per heavy atom. The second-order valence-electron chi connectivity index (χ2n) is 8.33. The molecule has 4 aromatic rings. The van der Waals surface area contributed by atoms with E-state index in [1.807, 2.05) is 17.5 Å². The van der Waals surface area contributed by atoms with Gasteiger partial charge >= 0.3 is 0 Å². The van der Waals surface area contributed by atoms with Crippen LogP contribution < -0.4 is 5.32 Å². The highest BCUT2D eigenvalue weighted by Gasteiger charge is 2.22. The van der Waals surface area contributed by atoms with Gasteiger partial charge in [-0.3, -0.25) is 0 Å². The third-order valence-electron chi connectivity index (χ3n) is 4.92. The maximum atomic E-state index is 5.02. The molecule has 0 fully saturated rings. The quantitative estimate of drug-likeness (QED) is 0.477. The van der Waals surface area contributed by atoms with Gasteiger partial charge in [0, 0.05) is 22.7 Å². The summed E-state index contributed by atoms with van der Waals surface area (Å²) in [6.07, 6.45) is 0. The smallest absolute Gasteiger partial charge is 0.165 e. The maximum Gasteiger partial charge on any atom is 0.165 e. The number of hydrogen-bond acceptors (Lipinski definition) is 3. The number of rotatable bonds is 3. The van der Waals surface area contributed by atoms with Gasteiger partial charge in [-0.1, -0.05) is 68.8 Å². The molecule has 0 radical (unpaired) electrons. The van der Waals surface area contributed by atoms with E-state index in [0.717, 1.165) is 39.7 Å². The Balaban J connectivity index is 1.95. The lowest BCUT2D eigenvalue weighted by Gasteiger charge is -2.20. The second-order valence-corrected chi connectivity index (χ2v) is 8.33. The summed E-state index contributed by atoms with van der Waals surface area (Å²) in [6.45, 7) is 10.7. The van der Waals surface area contributed by atoms with Crippen molar-refractivity contribution in [2.45, 2.75) is 40.0 Å². The number of benzene rings is 2. The van der Waals surface area contributed by atoms with Gasteiger partial charge in [0.2, 0.25) is 0 Å². The van der Waals surface area contributed by atoms with Crippen LogP contribution in [0.25, 0.3) is 16.8 Å². The standard InChI is InChI=1S/C24H26N4/c1-16-11-13-19(14-12-16)25-21-15-20(24(3,4)5)26-23-22(17(2)27-28(21)23)18-9-7-6-8-10-18/h6-15,25H,1-5H3. The highest BCUT2D eigenvalue weighted by Crippen LogP contribution is 2.32. The monoisotopic (exact) mass is 370 g/mol. The van der Waals surface area contributed by atoms with Crippen LogP contribution >= 0.6 is 0 Å². The molecule has 2 heterocycles. The Bertz CT molecular complexity index is 1120. The van der Waals surface area contributed by atoms with E-state index >= 15 is 0 Å². The highest BCUT2D eigenvalue weighted by molar-refractivity contribution is 5.81. The van der Waals surface area contributed by atoms with Crippen LogP contribution in [0.15, 0.2) is 60.7 Å². The van der Waals surface area contributed by atoms with Gasteiger partial charge in [-0.05, 0) is 31.5 Å². The molecule has 28 heavy (non-hydrogen) atoms. The maximum absolute atomic E-state index is 5.02. The van der Waals surface area contributed by atoms with Crippen molar-refractivity contribution in [3.63, 3.8) is 0 Å². The van der Waals surface area contributed by atoms with E-state index in [1.54, 1.807) is 0 Å². The van der Waals surface area contributed by atoms with Crippen molar-refractivity contribution in [1.29, 1.82) is 0 Å². The molecule has 0 amide bonds. The fraction of sp³-hybridized carbons (Fsp3) is 0.250. The first-order valence-electron chi connectivity index (χ1n) is 9.63. The molecule has 142 valence electrons. The predicted octanol–water partition coefficient (Wildman–Crippen LogP) is 6.05. The van der Waals surface area contributed by atoms with E-state index in [-0.39, 0.29) is 5.41 Å². The van der Waals surface area contributed by atoms with Gasteiger partial charge in [-0.25, -0.2) is 4.98 Å². The van der Waals surface area contributed by atoms with Gasteiger partial charge in [0.05, 0.1) is 11.4 Å². The van der Waals surface area contributed by atoms with Crippen LogP contribution in [0.2, 0.25) is 0 Å². The Hall–Kier alpha value is -3.14. The third kappa shape index (κ3) is 3.38. The van der Waals surface area contributed by atoms with Crippen molar-refractivity contribution in [3.05, 3.63) is 77.6 Å². The van der Waals surface area contributed by atoms with Crippen LogP contribution in [0.1, 0.15) is 37.7 Å². The zero-order chi connectivity index (χ0) is 19.9. The van der Waals surface area contributed by atoms with Gasteiger partial charge in [0.25, 0.3) is 0 Å². The molecule has 0 aliphatic heterocycles. The molecule has 4 rings (SSSR count). The minimum atomic E-state index is -0.0718. The summed E-state index contributed by atoms with van der Waals surface area (Å²) in [5.74, 6) is 0.920. The Labute approximate surface area is 166 Å². The fourth-order valence-corrected chi connectivity index (χ4v) is 3.32. The molecule has 0 saturated heterocycles. The first-order valence-corrected chi connectivity index (χ1v) is 9.63. The number of hydrogen-bond donors (Lipinski definition) is 1. The number of fused-ring (bicyclic) bond motifs is 1. The molecule has 2 aromatic heterocycles.